The fraction of sp³-hybridized carbons (Fsp3) is 0.176. The number of thioether (sulfide) groups is 1. The van der Waals surface area contributed by atoms with Crippen molar-refractivity contribution < 1.29 is 4.79 Å². The Labute approximate surface area is 133 Å². The van der Waals surface area contributed by atoms with E-state index in [1.54, 1.807) is 0 Å². The molecule has 0 aliphatic heterocycles. The molecule has 5 heteroatoms. The number of aromatic nitrogens is 2. The number of fused-ring (bicyclic) bond motifs is 1. The number of aromatic amines is 1. The summed E-state index contributed by atoms with van der Waals surface area (Å²) < 4.78 is 0. The number of amides is 1. The lowest BCUT2D eigenvalue weighted by atomic mass is 10.1. The standard InChI is InChI=1S/C17H17N3OS/c1-2-12-7-3-4-8-13(12)18-16(21)11-22-17-19-14-9-5-6-10-15(14)20-17/h3-10H,2,11H2,1H3,(H,18,21)(H,19,20). The van der Waals surface area contributed by atoms with Crippen LogP contribution < -0.4 is 5.32 Å². The molecule has 0 bridgehead atoms. The molecule has 0 aliphatic rings. The van der Waals surface area contributed by atoms with Crippen LogP contribution in [-0.2, 0) is 11.2 Å². The van der Waals surface area contributed by atoms with Crippen LogP contribution in [-0.4, -0.2) is 21.6 Å². The summed E-state index contributed by atoms with van der Waals surface area (Å²) in [6.07, 6.45) is 0.896. The molecule has 1 amide bonds. The Morgan fingerprint density at radius 3 is 2.77 bits per heavy atom. The summed E-state index contributed by atoms with van der Waals surface area (Å²) in [5.74, 6) is 0.309. The molecule has 0 saturated carbocycles. The molecule has 0 unspecified atom stereocenters. The van der Waals surface area contributed by atoms with Gasteiger partial charge in [-0.25, -0.2) is 4.98 Å². The minimum absolute atomic E-state index is 0.0219. The third-order valence-electron chi connectivity index (χ3n) is 3.38. The number of benzene rings is 2. The molecular weight excluding hydrogens is 294 g/mol. The zero-order chi connectivity index (χ0) is 15.4. The van der Waals surface area contributed by atoms with Gasteiger partial charge in [0.2, 0.25) is 5.91 Å². The van der Waals surface area contributed by atoms with Crippen molar-refractivity contribution in [3.05, 3.63) is 54.1 Å². The smallest absolute Gasteiger partial charge is 0.234 e. The molecule has 3 rings (SSSR count). The van der Waals surface area contributed by atoms with Crippen molar-refractivity contribution in [2.24, 2.45) is 0 Å². The predicted molar refractivity (Wildman–Crippen MR) is 91.3 cm³/mol. The minimum atomic E-state index is -0.0219. The van der Waals surface area contributed by atoms with Gasteiger partial charge in [0.25, 0.3) is 0 Å². The lowest BCUT2D eigenvalue weighted by molar-refractivity contribution is -0.113. The number of nitrogens with one attached hydrogen (secondary N) is 2. The number of H-pyrrole nitrogens is 1. The largest absolute Gasteiger partial charge is 0.333 e. The van der Waals surface area contributed by atoms with Crippen molar-refractivity contribution in [1.29, 1.82) is 0 Å². The molecule has 1 aromatic heterocycles. The van der Waals surface area contributed by atoms with Crippen LogP contribution >= 0.6 is 11.8 Å². The Kier molecular flexibility index (Phi) is 4.44. The van der Waals surface area contributed by atoms with Crippen molar-refractivity contribution in [3.63, 3.8) is 0 Å². The van der Waals surface area contributed by atoms with Crippen LogP contribution in [0.15, 0.2) is 53.7 Å². The van der Waals surface area contributed by atoms with Crippen molar-refractivity contribution >= 4 is 34.4 Å². The molecule has 1 heterocycles. The first-order valence-corrected chi connectivity index (χ1v) is 8.20. The van der Waals surface area contributed by atoms with E-state index in [0.717, 1.165) is 33.9 Å². The average Bonchev–Trinajstić information content (AvgIpc) is 2.96. The van der Waals surface area contributed by atoms with Gasteiger partial charge in [0, 0.05) is 5.69 Å². The van der Waals surface area contributed by atoms with Gasteiger partial charge in [-0.15, -0.1) is 0 Å². The lowest BCUT2D eigenvalue weighted by Gasteiger charge is -2.08. The Morgan fingerprint density at radius 2 is 1.95 bits per heavy atom. The first kappa shape index (κ1) is 14.7. The minimum Gasteiger partial charge on any atom is -0.333 e. The number of hydrogen-bond acceptors (Lipinski definition) is 3. The molecule has 112 valence electrons. The summed E-state index contributed by atoms with van der Waals surface area (Å²) in [7, 11) is 0. The van der Waals surface area contributed by atoms with Crippen LogP contribution in [0.1, 0.15) is 12.5 Å². The second-order valence-electron chi connectivity index (χ2n) is 4.91. The number of nitrogens with zero attached hydrogens (tertiary/aromatic N) is 1. The van der Waals surface area contributed by atoms with Crippen LogP contribution in [0.25, 0.3) is 11.0 Å². The van der Waals surface area contributed by atoms with Crippen LogP contribution in [0.2, 0.25) is 0 Å². The molecule has 4 nitrogen and oxygen atoms in total. The average molecular weight is 311 g/mol. The topological polar surface area (TPSA) is 57.8 Å². The molecule has 0 atom stereocenters. The van der Waals surface area contributed by atoms with Gasteiger partial charge in [0.1, 0.15) is 0 Å². The van der Waals surface area contributed by atoms with Crippen LogP contribution in [0.3, 0.4) is 0 Å². The molecule has 3 aromatic rings. The fourth-order valence-corrected chi connectivity index (χ4v) is 2.95. The molecule has 2 aromatic carbocycles. The number of anilines is 1. The number of imidazole rings is 1. The van der Waals surface area contributed by atoms with Gasteiger partial charge in [-0.3, -0.25) is 4.79 Å². The van der Waals surface area contributed by atoms with E-state index in [-0.39, 0.29) is 5.91 Å². The Bertz CT molecular complexity index is 764. The maximum Gasteiger partial charge on any atom is 0.234 e. The number of hydrogen-bond donors (Lipinski definition) is 2. The van der Waals surface area contributed by atoms with Crippen LogP contribution in [0, 0.1) is 0 Å². The molecular formula is C17H17N3OS. The van der Waals surface area contributed by atoms with Gasteiger partial charge < -0.3 is 10.3 Å². The highest BCUT2D eigenvalue weighted by Gasteiger charge is 2.08. The van der Waals surface area contributed by atoms with E-state index in [2.05, 4.69) is 22.2 Å². The van der Waals surface area contributed by atoms with Crippen molar-refractivity contribution in [2.75, 3.05) is 11.1 Å². The lowest BCUT2D eigenvalue weighted by Crippen LogP contribution is -2.15. The summed E-state index contributed by atoms with van der Waals surface area (Å²) in [5.41, 5.74) is 3.94. The fourth-order valence-electron chi connectivity index (χ4n) is 2.27. The van der Waals surface area contributed by atoms with E-state index in [0.29, 0.717) is 5.75 Å². The zero-order valence-electron chi connectivity index (χ0n) is 12.3. The first-order chi connectivity index (χ1) is 10.8. The monoisotopic (exact) mass is 311 g/mol. The highest BCUT2D eigenvalue weighted by Crippen LogP contribution is 2.20. The second kappa shape index (κ2) is 6.66. The summed E-state index contributed by atoms with van der Waals surface area (Å²) >= 11 is 1.41. The highest BCUT2D eigenvalue weighted by molar-refractivity contribution is 7.99. The number of rotatable bonds is 5. The third kappa shape index (κ3) is 3.31. The SMILES string of the molecule is CCc1ccccc1NC(=O)CSc1nc2ccccc2[nH]1. The van der Waals surface area contributed by atoms with E-state index in [9.17, 15) is 4.79 Å². The molecule has 0 saturated heterocycles. The van der Waals surface area contributed by atoms with Crippen molar-refractivity contribution in [2.45, 2.75) is 18.5 Å². The summed E-state index contributed by atoms with van der Waals surface area (Å²) in [6, 6.07) is 15.7. The molecule has 0 aliphatic carbocycles. The quantitative estimate of drug-likeness (QED) is 0.704. The molecule has 0 radical (unpaired) electrons. The maximum absolute atomic E-state index is 12.1. The van der Waals surface area contributed by atoms with Gasteiger partial charge in [-0.05, 0) is 30.2 Å². The van der Waals surface area contributed by atoms with Gasteiger partial charge in [-0.2, -0.15) is 0 Å². The molecule has 2 N–H and O–H groups in total. The van der Waals surface area contributed by atoms with E-state index in [1.807, 2.05) is 48.5 Å². The first-order valence-electron chi connectivity index (χ1n) is 7.21. The number of para-hydroxylation sites is 3. The third-order valence-corrected chi connectivity index (χ3v) is 4.25. The van der Waals surface area contributed by atoms with E-state index < -0.39 is 0 Å². The molecule has 22 heavy (non-hydrogen) atoms. The Balaban J connectivity index is 1.62. The molecule has 0 spiro atoms. The molecule has 0 fully saturated rings. The van der Waals surface area contributed by atoms with Crippen molar-refractivity contribution in [1.82, 2.24) is 9.97 Å². The number of carbonyl (C=O) groups is 1. The normalized spacial score (nSPS) is 10.8. The Morgan fingerprint density at radius 1 is 1.18 bits per heavy atom. The van der Waals surface area contributed by atoms with Crippen LogP contribution in [0.4, 0.5) is 5.69 Å². The van der Waals surface area contributed by atoms with Gasteiger partial charge in [0.05, 0.1) is 16.8 Å². The summed E-state index contributed by atoms with van der Waals surface area (Å²) in [5, 5.41) is 3.73. The summed E-state index contributed by atoms with van der Waals surface area (Å²) in [4.78, 5) is 19.8. The van der Waals surface area contributed by atoms with Gasteiger partial charge in [0.15, 0.2) is 5.16 Å². The predicted octanol–water partition coefficient (Wildman–Crippen LogP) is 3.86. The van der Waals surface area contributed by atoms with Gasteiger partial charge in [-0.1, -0.05) is 49.0 Å². The summed E-state index contributed by atoms with van der Waals surface area (Å²) in [6.45, 7) is 2.08. The second-order valence-corrected chi connectivity index (χ2v) is 5.87. The van der Waals surface area contributed by atoms with Crippen molar-refractivity contribution in [3.8, 4) is 0 Å². The zero-order valence-corrected chi connectivity index (χ0v) is 13.1. The van der Waals surface area contributed by atoms with E-state index in [4.69, 9.17) is 0 Å². The number of aryl methyl sites for hydroxylation is 1. The highest BCUT2D eigenvalue weighted by atomic mass is 32.2. The van der Waals surface area contributed by atoms with Gasteiger partial charge >= 0.3 is 0 Å². The number of carbonyl (C=O) groups excluding carboxylic acids is 1. The van der Waals surface area contributed by atoms with E-state index >= 15 is 0 Å². The Hall–Kier alpha value is -2.27. The maximum atomic E-state index is 12.1. The van der Waals surface area contributed by atoms with Crippen LogP contribution in [0.5, 0.6) is 0 Å². The van der Waals surface area contributed by atoms with E-state index in [1.165, 1.54) is 11.8 Å².